The highest BCUT2D eigenvalue weighted by Gasteiger charge is 2.17. The number of hydrogen-bond donors (Lipinski definition) is 3. The smallest absolute Gasteiger partial charge is 0.295 e. The summed E-state index contributed by atoms with van der Waals surface area (Å²) in [6.45, 7) is 6.28. The van der Waals surface area contributed by atoms with Crippen molar-refractivity contribution in [3.63, 3.8) is 0 Å². The number of carbonyl (C=O) groups excluding carboxylic acids is 1. The fourth-order valence-corrected chi connectivity index (χ4v) is 2.96. The maximum atomic E-state index is 12.9. The summed E-state index contributed by atoms with van der Waals surface area (Å²) >= 11 is 1.55. The summed E-state index contributed by atoms with van der Waals surface area (Å²) in [7, 11) is 0. The lowest BCUT2D eigenvalue weighted by Crippen LogP contribution is -2.00. The van der Waals surface area contributed by atoms with Crippen molar-refractivity contribution in [2.45, 2.75) is 44.9 Å². The van der Waals surface area contributed by atoms with Gasteiger partial charge in [0.15, 0.2) is 11.5 Å². The Kier molecular flexibility index (Phi) is 9.04. The Hall–Kier alpha value is -2.68. The molecule has 2 heterocycles. The normalized spacial score (nSPS) is 12.5. The van der Waals surface area contributed by atoms with Crippen LogP contribution in [0.3, 0.4) is 0 Å². The molecule has 3 aromatic rings. The largest absolute Gasteiger partial charge is 0.353 e. The number of anilines is 3. The molecule has 1 fully saturated rings. The molecule has 2 aromatic heterocycles. The quantitative estimate of drug-likeness (QED) is 0.309. The molecule has 0 spiro atoms. The van der Waals surface area contributed by atoms with Gasteiger partial charge < -0.3 is 15.6 Å². The lowest BCUT2D eigenvalue weighted by atomic mass is 10.2. The number of benzene rings is 1. The molecule has 1 aliphatic rings. The molecule has 0 radical (unpaired) electrons. The van der Waals surface area contributed by atoms with E-state index >= 15 is 0 Å². The fourth-order valence-electron chi connectivity index (χ4n) is 2.40. The molecule has 30 heavy (non-hydrogen) atoms. The van der Waals surface area contributed by atoms with Gasteiger partial charge in [0.1, 0.15) is 11.3 Å². The predicted molar refractivity (Wildman–Crippen MR) is 120 cm³/mol. The average molecular weight is 436 g/mol. The molecule has 3 N–H and O–H groups in total. The molecule has 0 bridgehead atoms. The van der Waals surface area contributed by atoms with Gasteiger partial charge in [0, 0.05) is 11.0 Å². The van der Waals surface area contributed by atoms with Gasteiger partial charge in [-0.25, -0.2) is 18.7 Å². The van der Waals surface area contributed by atoms with Gasteiger partial charge in [0.05, 0.1) is 11.4 Å². The molecule has 9 heteroatoms. The third kappa shape index (κ3) is 6.41. The summed E-state index contributed by atoms with van der Waals surface area (Å²) in [5, 5.41) is 5.60. The lowest BCUT2D eigenvalue weighted by molar-refractivity contribution is -0.105. The van der Waals surface area contributed by atoms with Crippen LogP contribution < -0.4 is 10.6 Å². The van der Waals surface area contributed by atoms with Crippen molar-refractivity contribution >= 4 is 46.5 Å². The predicted octanol–water partition coefficient (Wildman–Crippen LogP) is 6.37. The number of aromatic amines is 1. The number of fused-ring (bicyclic) bond motifs is 1. The van der Waals surface area contributed by atoms with E-state index in [1.165, 1.54) is 12.8 Å². The maximum absolute atomic E-state index is 12.9. The number of para-hydroxylation sites is 1. The molecule has 1 aromatic carbocycles. The molecule has 1 saturated carbocycles. The zero-order chi connectivity index (χ0) is 22.1. The Morgan fingerprint density at radius 2 is 1.87 bits per heavy atom. The van der Waals surface area contributed by atoms with Gasteiger partial charge in [-0.1, -0.05) is 45.7 Å². The van der Waals surface area contributed by atoms with Crippen molar-refractivity contribution in [2.75, 3.05) is 16.9 Å². The highest BCUT2D eigenvalue weighted by atomic mass is 32.2. The van der Waals surface area contributed by atoms with Crippen LogP contribution in [0.4, 0.5) is 26.0 Å². The van der Waals surface area contributed by atoms with E-state index in [2.05, 4.69) is 32.5 Å². The molecule has 0 aliphatic heterocycles. The summed E-state index contributed by atoms with van der Waals surface area (Å²) in [6, 6.07) is 9.14. The molecular formula is C21H27F2N5OS. The highest BCUT2D eigenvalue weighted by Crippen LogP contribution is 2.32. The van der Waals surface area contributed by atoms with Crippen molar-refractivity contribution < 1.29 is 13.6 Å². The number of imidazole rings is 1. The van der Waals surface area contributed by atoms with E-state index in [9.17, 15) is 13.6 Å². The van der Waals surface area contributed by atoms with E-state index in [1.54, 1.807) is 17.8 Å². The Morgan fingerprint density at radius 3 is 2.43 bits per heavy atom. The summed E-state index contributed by atoms with van der Waals surface area (Å²) in [6.07, 6.45) is 2.63. The molecule has 162 valence electrons. The number of nitrogens with zero attached hydrogens (tertiary/aromatic N) is 2. The van der Waals surface area contributed by atoms with Crippen molar-refractivity contribution in [3.8, 4) is 0 Å². The minimum absolute atomic E-state index is 0.0984. The molecule has 1 aliphatic carbocycles. The third-order valence-electron chi connectivity index (χ3n) is 4.14. The minimum Gasteiger partial charge on any atom is -0.353 e. The first kappa shape index (κ1) is 23.6. The molecule has 1 amide bonds. The van der Waals surface area contributed by atoms with Crippen molar-refractivity contribution in [1.29, 1.82) is 0 Å². The number of H-pyrrole nitrogens is 1. The zero-order valence-corrected chi connectivity index (χ0v) is 18.3. The number of amides is 1. The van der Waals surface area contributed by atoms with Crippen molar-refractivity contribution in [1.82, 2.24) is 15.0 Å². The van der Waals surface area contributed by atoms with Crippen LogP contribution in [0.1, 0.15) is 45.9 Å². The average Bonchev–Trinajstić information content (AvgIpc) is 3.40. The number of alkyl halides is 2. The van der Waals surface area contributed by atoms with Crippen LogP contribution in [0.5, 0.6) is 0 Å². The first-order valence-electron chi connectivity index (χ1n) is 9.80. The van der Waals surface area contributed by atoms with Crippen LogP contribution in [-0.2, 0) is 4.79 Å². The Labute approximate surface area is 179 Å². The number of carbonyl (C=O) groups is 1. The van der Waals surface area contributed by atoms with Crippen LogP contribution in [0.2, 0.25) is 0 Å². The van der Waals surface area contributed by atoms with Gasteiger partial charge in [-0.15, -0.1) is 11.8 Å². The van der Waals surface area contributed by atoms with Crippen LogP contribution in [0, 0.1) is 5.92 Å². The molecular weight excluding hydrogens is 408 g/mol. The number of nitrogens with one attached hydrogen (secondary N) is 3. The van der Waals surface area contributed by atoms with Crippen LogP contribution in [0.15, 0.2) is 35.2 Å². The Balaban J connectivity index is 0.000000467. The van der Waals surface area contributed by atoms with E-state index in [0.29, 0.717) is 17.6 Å². The molecule has 0 saturated heterocycles. The maximum Gasteiger partial charge on any atom is 0.295 e. The second-order valence-electron chi connectivity index (χ2n) is 6.45. The number of pyridine rings is 1. The van der Waals surface area contributed by atoms with Crippen LogP contribution in [0.25, 0.3) is 11.2 Å². The van der Waals surface area contributed by atoms with E-state index in [1.807, 2.05) is 44.4 Å². The second-order valence-corrected chi connectivity index (χ2v) is 7.29. The van der Waals surface area contributed by atoms with Gasteiger partial charge in [-0.05, 0) is 24.3 Å². The lowest BCUT2D eigenvalue weighted by Gasteiger charge is -2.12. The Morgan fingerprint density at radius 1 is 1.20 bits per heavy atom. The summed E-state index contributed by atoms with van der Waals surface area (Å²) in [5.41, 5.74) is 1.74. The van der Waals surface area contributed by atoms with Crippen LogP contribution >= 0.6 is 11.8 Å². The van der Waals surface area contributed by atoms with Crippen molar-refractivity contribution in [3.05, 3.63) is 36.2 Å². The first-order chi connectivity index (χ1) is 14.5. The topological polar surface area (TPSA) is 82.7 Å². The van der Waals surface area contributed by atoms with Crippen molar-refractivity contribution in [2.24, 2.45) is 5.92 Å². The number of hydrogen-bond acceptors (Lipinski definition) is 5. The summed E-state index contributed by atoms with van der Waals surface area (Å²) < 4.78 is 25.8. The van der Waals surface area contributed by atoms with Gasteiger partial charge >= 0.3 is 0 Å². The number of thioether (sulfide) groups is 1. The second kappa shape index (κ2) is 11.5. The number of rotatable bonds is 6. The standard InChI is InChI=1S/C15H13F2N5OS.C4H8.C2H6/c1-24-10-5-3-2-4-8(10)19-9-6-11(18-7-23)20-14-12(9)21-15(22-14)13(16)17;1-4-2-3-4;1-2/h2-7,13H,1H3,(H3,18,19,20,21,22,23);4H,2-3H2,1H3;1-2H3. The van der Waals surface area contributed by atoms with Gasteiger partial charge in [0.2, 0.25) is 6.41 Å². The number of aromatic nitrogens is 3. The third-order valence-corrected chi connectivity index (χ3v) is 4.93. The minimum atomic E-state index is -2.74. The molecule has 0 atom stereocenters. The summed E-state index contributed by atoms with van der Waals surface area (Å²) in [4.78, 5) is 22.1. The fraction of sp³-hybridized carbons (Fsp3) is 0.381. The molecule has 0 unspecified atom stereocenters. The first-order valence-corrected chi connectivity index (χ1v) is 11.0. The number of halogens is 2. The van der Waals surface area contributed by atoms with Gasteiger partial charge in [-0.2, -0.15) is 0 Å². The molecule has 6 nitrogen and oxygen atoms in total. The van der Waals surface area contributed by atoms with Crippen LogP contribution in [-0.4, -0.2) is 27.6 Å². The Bertz CT molecular complexity index is 960. The van der Waals surface area contributed by atoms with Gasteiger partial charge in [0.25, 0.3) is 6.43 Å². The highest BCUT2D eigenvalue weighted by molar-refractivity contribution is 7.98. The monoisotopic (exact) mass is 435 g/mol. The SMILES string of the molecule is CC.CC1CC1.CSc1ccccc1Nc1cc(NC=O)nc2nc(C(F)F)[nH]c12. The van der Waals surface area contributed by atoms with E-state index in [-0.39, 0.29) is 11.5 Å². The van der Waals surface area contributed by atoms with Gasteiger partial charge in [-0.3, -0.25) is 4.79 Å². The zero-order valence-electron chi connectivity index (χ0n) is 17.5. The van der Waals surface area contributed by atoms with E-state index in [4.69, 9.17) is 0 Å². The van der Waals surface area contributed by atoms with E-state index < -0.39 is 12.2 Å². The molecule has 4 rings (SSSR count). The van der Waals surface area contributed by atoms with E-state index in [0.717, 1.165) is 16.5 Å². The summed E-state index contributed by atoms with van der Waals surface area (Å²) in [5.74, 6) is 0.830.